The molecule has 0 bridgehead atoms. The van der Waals surface area contributed by atoms with Gasteiger partial charge in [-0.2, -0.15) is 0 Å². The topological polar surface area (TPSA) is 81.6 Å². The van der Waals surface area contributed by atoms with Gasteiger partial charge in [0.2, 0.25) is 0 Å². The average Bonchev–Trinajstić information content (AvgIpc) is 2.90. The Hall–Kier alpha value is -2.37. The van der Waals surface area contributed by atoms with Gasteiger partial charge in [-0.3, -0.25) is 0 Å². The molecule has 1 unspecified atom stereocenters. The molecule has 1 atom stereocenters. The second-order valence-corrected chi connectivity index (χ2v) is 5.38. The van der Waals surface area contributed by atoms with Crippen LogP contribution < -0.4 is 10.6 Å². The van der Waals surface area contributed by atoms with E-state index in [2.05, 4.69) is 22.8 Å². The lowest BCUT2D eigenvalue weighted by molar-refractivity contribution is 0.0965. The molecule has 5 nitrogen and oxygen atoms in total. The van der Waals surface area contributed by atoms with Crippen LogP contribution in [0.3, 0.4) is 0 Å². The smallest absolute Gasteiger partial charge is 0.319 e. The molecule has 0 aliphatic heterocycles. The van der Waals surface area contributed by atoms with Crippen LogP contribution in [0.25, 0.3) is 11.1 Å². The van der Waals surface area contributed by atoms with Crippen LogP contribution in [0, 0.1) is 0 Å². The van der Waals surface area contributed by atoms with E-state index < -0.39 is 12.1 Å². The summed E-state index contributed by atoms with van der Waals surface area (Å²) in [5, 5.41) is 23.2. The Bertz CT molecular complexity index is 700. The molecule has 0 radical (unpaired) electrons. The van der Waals surface area contributed by atoms with Crippen molar-refractivity contribution in [2.24, 2.45) is 0 Å². The summed E-state index contributed by atoms with van der Waals surface area (Å²) in [6, 6.07) is 13.7. The van der Waals surface area contributed by atoms with Gasteiger partial charge < -0.3 is 20.8 Å². The summed E-state index contributed by atoms with van der Waals surface area (Å²) in [4.78, 5) is 11.7. The third kappa shape index (κ3) is 2.95. The maximum Gasteiger partial charge on any atom is 0.319 e. The minimum atomic E-state index is -0.944. The summed E-state index contributed by atoms with van der Waals surface area (Å²) in [6.45, 7) is -0.365. The maximum atomic E-state index is 11.7. The predicted molar refractivity (Wildman–Crippen MR) is 84.8 cm³/mol. The first-order chi connectivity index (χ1) is 10.7. The number of benzene rings is 2. The van der Waals surface area contributed by atoms with Crippen LogP contribution >= 0.6 is 0 Å². The molecule has 1 aliphatic carbocycles. The first-order valence-electron chi connectivity index (χ1n) is 7.22. The van der Waals surface area contributed by atoms with E-state index in [0.717, 1.165) is 6.42 Å². The van der Waals surface area contributed by atoms with Gasteiger partial charge in [-0.15, -0.1) is 0 Å². The molecule has 0 spiro atoms. The van der Waals surface area contributed by atoms with E-state index in [4.69, 9.17) is 5.11 Å². The van der Waals surface area contributed by atoms with Crippen molar-refractivity contribution in [1.29, 1.82) is 0 Å². The standard InChI is InChI=1S/C17H18N2O3/c20-10-14(21)9-18-17(22)19-13-5-6-16-12(8-13)7-11-3-1-2-4-15(11)16/h1-6,8,14,20-21H,7,9-10H2,(H2,18,19,22). The molecular weight excluding hydrogens is 280 g/mol. The number of fused-ring (bicyclic) bond motifs is 3. The van der Waals surface area contributed by atoms with Gasteiger partial charge in [0.25, 0.3) is 0 Å². The molecule has 0 fully saturated rings. The fourth-order valence-electron chi connectivity index (χ4n) is 2.67. The molecule has 0 aromatic heterocycles. The zero-order chi connectivity index (χ0) is 15.5. The lowest BCUT2D eigenvalue weighted by Gasteiger charge is -2.11. The van der Waals surface area contributed by atoms with E-state index in [1.807, 2.05) is 30.3 Å². The number of aliphatic hydroxyl groups excluding tert-OH is 2. The molecule has 22 heavy (non-hydrogen) atoms. The highest BCUT2D eigenvalue weighted by Crippen LogP contribution is 2.37. The number of amides is 2. The van der Waals surface area contributed by atoms with Gasteiger partial charge in [0, 0.05) is 12.2 Å². The molecule has 3 rings (SSSR count). The fraction of sp³-hybridized carbons (Fsp3) is 0.235. The highest BCUT2D eigenvalue weighted by atomic mass is 16.3. The number of aliphatic hydroxyl groups is 2. The minimum absolute atomic E-state index is 0.0126. The van der Waals surface area contributed by atoms with Gasteiger partial charge in [0.05, 0.1) is 12.7 Å². The average molecular weight is 298 g/mol. The molecular formula is C17H18N2O3. The first kappa shape index (κ1) is 14.6. The Labute approximate surface area is 128 Å². The third-order valence-electron chi connectivity index (χ3n) is 3.76. The molecule has 2 amide bonds. The van der Waals surface area contributed by atoms with Gasteiger partial charge in [-0.25, -0.2) is 4.79 Å². The van der Waals surface area contributed by atoms with E-state index >= 15 is 0 Å². The van der Waals surface area contributed by atoms with Crippen molar-refractivity contribution in [3.8, 4) is 11.1 Å². The van der Waals surface area contributed by atoms with Crippen molar-refractivity contribution in [1.82, 2.24) is 5.32 Å². The maximum absolute atomic E-state index is 11.7. The second kappa shape index (κ2) is 6.17. The van der Waals surface area contributed by atoms with E-state index in [1.165, 1.54) is 22.3 Å². The van der Waals surface area contributed by atoms with Crippen molar-refractivity contribution >= 4 is 11.7 Å². The van der Waals surface area contributed by atoms with E-state index in [0.29, 0.717) is 5.69 Å². The summed E-state index contributed by atoms with van der Waals surface area (Å²) in [5.74, 6) is 0. The molecule has 2 aromatic carbocycles. The molecule has 2 aromatic rings. The van der Waals surface area contributed by atoms with Gasteiger partial charge in [0.1, 0.15) is 0 Å². The molecule has 4 N–H and O–H groups in total. The predicted octanol–water partition coefficient (Wildman–Crippen LogP) is 1.73. The van der Waals surface area contributed by atoms with E-state index in [1.54, 1.807) is 0 Å². The van der Waals surface area contributed by atoms with Gasteiger partial charge in [0.15, 0.2) is 0 Å². The number of carbonyl (C=O) groups is 1. The summed E-state index contributed by atoms with van der Waals surface area (Å²) in [5.41, 5.74) is 5.65. The lowest BCUT2D eigenvalue weighted by Crippen LogP contribution is -2.36. The highest BCUT2D eigenvalue weighted by molar-refractivity contribution is 5.90. The van der Waals surface area contributed by atoms with Crippen LogP contribution in [0.5, 0.6) is 0 Å². The Kier molecular flexibility index (Phi) is 4.09. The Morgan fingerprint density at radius 1 is 1.14 bits per heavy atom. The second-order valence-electron chi connectivity index (χ2n) is 5.38. The van der Waals surface area contributed by atoms with E-state index in [9.17, 15) is 9.90 Å². The third-order valence-corrected chi connectivity index (χ3v) is 3.76. The van der Waals surface area contributed by atoms with Crippen LogP contribution in [-0.2, 0) is 6.42 Å². The van der Waals surface area contributed by atoms with Crippen LogP contribution in [0.1, 0.15) is 11.1 Å². The number of anilines is 1. The van der Waals surface area contributed by atoms with Gasteiger partial charge >= 0.3 is 6.03 Å². The zero-order valence-corrected chi connectivity index (χ0v) is 12.0. The Morgan fingerprint density at radius 2 is 1.91 bits per heavy atom. The zero-order valence-electron chi connectivity index (χ0n) is 12.0. The van der Waals surface area contributed by atoms with Crippen LogP contribution in [0.15, 0.2) is 42.5 Å². The van der Waals surface area contributed by atoms with Crippen molar-refractivity contribution < 1.29 is 15.0 Å². The van der Waals surface area contributed by atoms with Crippen LogP contribution in [-0.4, -0.2) is 35.5 Å². The van der Waals surface area contributed by atoms with Gasteiger partial charge in [-0.1, -0.05) is 30.3 Å². The Balaban J connectivity index is 1.68. The number of urea groups is 1. The van der Waals surface area contributed by atoms with Crippen molar-refractivity contribution in [2.45, 2.75) is 12.5 Å². The van der Waals surface area contributed by atoms with Crippen molar-refractivity contribution in [3.05, 3.63) is 53.6 Å². The SMILES string of the molecule is O=C(NCC(O)CO)Nc1ccc2c(c1)Cc1ccccc1-2. The Morgan fingerprint density at radius 3 is 2.73 bits per heavy atom. The molecule has 5 heteroatoms. The summed E-state index contributed by atoms with van der Waals surface area (Å²) in [7, 11) is 0. The quantitative estimate of drug-likeness (QED) is 0.592. The molecule has 0 heterocycles. The monoisotopic (exact) mass is 298 g/mol. The number of hydrogen-bond donors (Lipinski definition) is 4. The summed E-state index contributed by atoms with van der Waals surface area (Å²) < 4.78 is 0. The van der Waals surface area contributed by atoms with Crippen LogP contribution in [0.4, 0.5) is 10.5 Å². The fourth-order valence-corrected chi connectivity index (χ4v) is 2.67. The molecule has 114 valence electrons. The largest absolute Gasteiger partial charge is 0.394 e. The summed E-state index contributed by atoms with van der Waals surface area (Å²) in [6.07, 6.45) is -0.0773. The lowest BCUT2D eigenvalue weighted by atomic mass is 10.1. The van der Waals surface area contributed by atoms with Crippen LogP contribution in [0.2, 0.25) is 0 Å². The summed E-state index contributed by atoms with van der Waals surface area (Å²) >= 11 is 0. The normalized spacial score (nSPS) is 13.2. The number of hydrogen-bond acceptors (Lipinski definition) is 3. The minimum Gasteiger partial charge on any atom is -0.394 e. The molecule has 0 saturated carbocycles. The van der Waals surface area contributed by atoms with Crippen molar-refractivity contribution in [2.75, 3.05) is 18.5 Å². The number of rotatable bonds is 4. The number of carbonyl (C=O) groups excluding carboxylic acids is 1. The first-order valence-corrected chi connectivity index (χ1v) is 7.22. The number of nitrogens with one attached hydrogen (secondary N) is 2. The highest BCUT2D eigenvalue weighted by Gasteiger charge is 2.18. The molecule has 1 aliphatic rings. The molecule has 0 saturated heterocycles. The van der Waals surface area contributed by atoms with Gasteiger partial charge in [-0.05, 0) is 40.8 Å². The van der Waals surface area contributed by atoms with Crippen molar-refractivity contribution in [3.63, 3.8) is 0 Å². The van der Waals surface area contributed by atoms with E-state index in [-0.39, 0.29) is 13.2 Å².